The molecular formula is C21H19F2N3O. The fourth-order valence-corrected chi connectivity index (χ4v) is 2.59. The van der Waals surface area contributed by atoms with Crippen LogP contribution in [-0.4, -0.2) is 17.4 Å². The molecule has 1 heterocycles. The maximum Gasteiger partial charge on any atom is 0.229 e. The lowest BCUT2D eigenvalue weighted by molar-refractivity contribution is -0.115. The summed E-state index contributed by atoms with van der Waals surface area (Å²) < 4.78 is 26.4. The van der Waals surface area contributed by atoms with Crippen LogP contribution in [0.4, 0.5) is 20.3 Å². The highest BCUT2D eigenvalue weighted by Gasteiger charge is 2.06. The van der Waals surface area contributed by atoms with Crippen LogP contribution in [0.1, 0.15) is 11.1 Å². The number of hydrogen-bond acceptors (Lipinski definition) is 3. The van der Waals surface area contributed by atoms with Gasteiger partial charge in [0.2, 0.25) is 5.91 Å². The molecule has 1 aromatic heterocycles. The van der Waals surface area contributed by atoms with E-state index in [0.717, 1.165) is 11.3 Å². The number of carbonyl (C=O) groups excluding carboxylic acids is 1. The Hall–Kier alpha value is -3.28. The summed E-state index contributed by atoms with van der Waals surface area (Å²) in [5.74, 6) is -0.341. The van der Waals surface area contributed by atoms with Gasteiger partial charge in [-0.2, -0.15) is 0 Å². The molecule has 0 unspecified atom stereocenters. The lowest BCUT2D eigenvalue weighted by Gasteiger charge is -2.08. The van der Waals surface area contributed by atoms with Gasteiger partial charge in [0, 0.05) is 6.54 Å². The van der Waals surface area contributed by atoms with Gasteiger partial charge in [-0.05, 0) is 47.9 Å². The third-order valence-corrected chi connectivity index (χ3v) is 3.99. The number of amides is 1. The lowest BCUT2D eigenvalue weighted by Crippen LogP contribution is -2.15. The Morgan fingerprint density at radius 2 is 1.74 bits per heavy atom. The summed E-state index contributed by atoms with van der Waals surface area (Å²) in [7, 11) is 0. The Labute approximate surface area is 156 Å². The molecule has 6 heteroatoms. The fraction of sp³-hybridized carbons (Fsp3) is 0.143. The van der Waals surface area contributed by atoms with Crippen LogP contribution in [0, 0.1) is 11.6 Å². The average Bonchev–Trinajstić information content (AvgIpc) is 2.66. The summed E-state index contributed by atoms with van der Waals surface area (Å²) in [5.41, 5.74) is 2.16. The van der Waals surface area contributed by atoms with Crippen molar-refractivity contribution in [3.8, 4) is 0 Å². The van der Waals surface area contributed by atoms with Gasteiger partial charge >= 0.3 is 0 Å². The maximum absolute atomic E-state index is 13.6. The molecule has 138 valence electrons. The van der Waals surface area contributed by atoms with Crippen molar-refractivity contribution in [3.05, 3.63) is 89.6 Å². The molecule has 3 rings (SSSR count). The van der Waals surface area contributed by atoms with Crippen LogP contribution in [0.15, 0.2) is 66.9 Å². The molecular weight excluding hydrogens is 348 g/mol. The first kappa shape index (κ1) is 18.5. The van der Waals surface area contributed by atoms with Gasteiger partial charge in [-0.3, -0.25) is 4.79 Å². The molecule has 2 aromatic carbocycles. The Balaban J connectivity index is 1.47. The van der Waals surface area contributed by atoms with Crippen molar-refractivity contribution in [1.82, 2.24) is 4.98 Å². The standard InChI is InChI=1S/C21H19F2N3O/c22-17-7-5-15(6-8-17)13-21(27)26-20-10-9-18(14-25-20)24-12-11-16-3-1-2-4-19(16)23/h1-10,14,24H,11-13H2,(H,25,26,27). The number of nitrogens with one attached hydrogen (secondary N) is 2. The average molecular weight is 367 g/mol. The van der Waals surface area contributed by atoms with Gasteiger partial charge in [0.05, 0.1) is 18.3 Å². The van der Waals surface area contributed by atoms with E-state index in [1.807, 2.05) is 6.07 Å². The second kappa shape index (κ2) is 8.89. The van der Waals surface area contributed by atoms with E-state index in [1.54, 1.807) is 42.6 Å². The monoisotopic (exact) mass is 367 g/mol. The van der Waals surface area contributed by atoms with Crippen molar-refractivity contribution in [2.45, 2.75) is 12.8 Å². The van der Waals surface area contributed by atoms with Crippen LogP contribution < -0.4 is 10.6 Å². The molecule has 0 saturated carbocycles. The van der Waals surface area contributed by atoms with E-state index >= 15 is 0 Å². The number of anilines is 2. The molecule has 27 heavy (non-hydrogen) atoms. The van der Waals surface area contributed by atoms with E-state index in [1.165, 1.54) is 18.2 Å². The first-order valence-corrected chi connectivity index (χ1v) is 8.58. The summed E-state index contributed by atoms with van der Waals surface area (Å²) in [6, 6.07) is 16.0. The van der Waals surface area contributed by atoms with Crippen molar-refractivity contribution in [1.29, 1.82) is 0 Å². The van der Waals surface area contributed by atoms with E-state index in [0.29, 0.717) is 24.3 Å². The van der Waals surface area contributed by atoms with E-state index in [4.69, 9.17) is 0 Å². The van der Waals surface area contributed by atoms with Crippen molar-refractivity contribution < 1.29 is 13.6 Å². The Morgan fingerprint density at radius 1 is 0.963 bits per heavy atom. The molecule has 0 radical (unpaired) electrons. The van der Waals surface area contributed by atoms with Crippen molar-refractivity contribution >= 4 is 17.4 Å². The second-order valence-corrected chi connectivity index (χ2v) is 6.05. The zero-order chi connectivity index (χ0) is 19.1. The summed E-state index contributed by atoms with van der Waals surface area (Å²) in [4.78, 5) is 16.2. The van der Waals surface area contributed by atoms with Crippen LogP contribution in [0.25, 0.3) is 0 Å². The Morgan fingerprint density at radius 3 is 2.44 bits per heavy atom. The first-order chi connectivity index (χ1) is 13.1. The molecule has 0 fully saturated rings. The molecule has 0 saturated heterocycles. The summed E-state index contributed by atoms with van der Waals surface area (Å²) in [6.45, 7) is 0.568. The molecule has 1 amide bonds. The maximum atomic E-state index is 13.6. The third-order valence-electron chi connectivity index (χ3n) is 3.99. The predicted molar refractivity (Wildman–Crippen MR) is 102 cm³/mol. The minimum Gasteiger partial charge on any atom is -0.383 e. The zero-order valence-corrected chi connectivity index (χ0v) is 14.6. The van der Waals surface area contributed by atoms with Crippen molar-refractivity contribution in [2.75, 3.05) is 17.2 Å². The van der Waals surface area contributed by atoms with Gasteiger partial charge in [-0.1, -0.05) is 30.3 Å². The highest BCUT2D eigenvalue weighted by Crippen LogP contribution is 2.12. The normalized spacial score (nSPS) is 10.4. The van der Waals surface area contributed by atoms with E-state index in [-0.39, 0.29) is 24.0 Å². The molecule has 2 N–H and O–H groups in total. The number of rotatable bonds is 7. The lowest BCUT2D eigenvalue weighted by atomic mass is 10.1. The molecule has 0 spiro atoms. The van der Waals surface area contributed by atoms with Crippen molar-refractivity contribution in [2.24, 2.45) is 0 Å². The van der Waals surface area contributed by atoms with E-state index < -0.39 is 0 Å². The van der Waals surface area contributed by atoms with Gasteiger partial charge in [-0.15, -0.1) is 0 Å². The van der Waals surface area contributed by atoms with Crippen LogP contribution in [0.5, 0.6) is 0 Å². The summed E-state index contributed by atoms with van der Waals surface area (Å²) in [5, 5.41) is 5.87. The number of aromatic nitrogens is 1. The first-order valence-electron chi connectivity index (χ1n) is 8.58. The molecule has 0 bridgehead atoms. The van der Waals surface area contributed by atoms with Gasteiger partial charge < -0.3 is 10.6 Å². The third kappa shape index (κ3) is 5.60. The van der Waals surface area contributed by atoms with Crippen LogP contribution in [-0.2, 0) is 17.6 Å². The van der Waals surface area contributed by atoms with Crippen LogP contribution in [0.3, 0.4) is 0 Å². The smallest absolute Gasteiger partial charge is 0.229 e. The molecule has 3 aromatic rings. The van der Waals surface area contributed by atoms with Crippen molar-refractivity contribution in [3.63, 3.8) is 0 Å². The molecule has 0 atom stereocenters. The van der Waals surface area contributed by atoms with Crippen LogP contribution >= 0.6 is 0 Å². The Bertz CT molecular complexity index is 896. The highest BCUT2D eigenvalue weighted by molar-refractivity contribution is 5.91. The number of carbonyl (C=O) groups is 1. The quantitative estimate of drug-likeness (QED) is 0.658. The molecule has 0 aliphatic heterocycles. The minimum atomic E-state index is -0.334. The highest BCUT2D eigenvalue weighted by atomic mass is 19.1. The van der Waals surface area contributed by atoms with Gasteiger partial charge in [0.25, 0.3) is 0 Å². The molecule has 4 nitrogen and oxygen atoms in total. The van der Waals surface area contributed by atoms with E-state index in [9.17, 15) is 13.6 Å². The van der Waals surface area contributed by atoms with Gasteiger partial charge in [0.15, 0.2) is 0 Å². The topological polar surface area (TPSA) is 54.0 Å². The number of hydrogen-bond donors (Lipinski definition) is 2. The number of nitrogens with zero attached hydrogens (tertiary/aromatic N) is 1. The van der Waals surface area contributed by atoms with Crippen LogP contribution in [0.2, 0.25) is 0 Å². The largest absolute Gasteiger partial charge is 0.383 e. The molecule has 0 aliphatic rings. The van der Waals surface area contributed by atoms with E-state index in [2.05, 4.69) is 15.6 Å². The molecule has 0 aliphatic carbocycles. The number of benzene rings is 2. The zero-order valence-electron chi connectivity index (χ0n) is 14.6. The van der Waals surface area contributed by atoms with Gasteiger partial charge in [-0.25, -0.2) is 13.8 Å². The number of pyridine rings is 1. The minimum absolute atomic E-state index is 0.143. The van der Waals surface area contributed by atoms with Gasteiger partial charge in [0.1, 0.15) is 17.5 Å². The SMILES string of the molecule is O=C(Cc1ccc(F)cc1)Nc1ccc(NCCc2ccccc2F)cn1. The number of halogens is 2. The predicted octanol–water partition coefficient (Wildman–Crippen LogP) is 4.20. The fourth-order valence-electron chi connectivity index (χ4n) is 2.59. The summed E-state index contributed by atoms with van der Waals surface area (Å²) >= 11 is 0. The second-order valence-electron chi connectivity index (χ2n) is 6.05. The Kier molecular flexibility index (Phi) is 6.10. The summed E-state index contributed by atoms with van der Waals surface area (Å²) in [6.07, 6.45) is 2.31.